The molecule has 3 heterocycles. The third-order valence-corrected chi connectivity index (χ3v) is 7.96. The fourth-order valence-corrected chi connectivity index (χ4v) is 5.84. The summed E-state index contributed by atoms with van der Waals surface area (Å²) >= 11 is 1.65. The van der Waals surface area contributed by atoms with E-state index in [-0.39, 0.29) is 31.0 Å². The summed E-state index contributed by atoms with van der Waals surface area (Å²) in [6.07, 6.45) is 3.14. The van der Waals surface area contributed by atoms with Crippen molar-refractivity contribution in [3.63, 3.8) is 0 Å². The number of nitrogens with zero attached hydrogens (tertiary/aromatic N) is 1. The van der Waals surface area contributed by atoms with E-state index in [1.807, 2.05) is 54.6 Å². The number of anilines is 1. The highest BCUT2D eigenvalue weighted by Crippen LogP contribution is 2.39. The van der Waals surface area contributed by atoms with Crippen molar-refractivity contribution in [1.29, 1.82) is 0 Å². The molecule has 1 aromatic heterocycles. The van der Waals surface area contributed by atoms with Crippen LogP contribution >= 0.6 is 11.3 Å². The Hall–Kier alpha value is -3.92. The lowest BCUT2D eigenvalue weighted by atomic mass is 9.92. The van der Waals surface area contributed by atoms with Crippen LogP contribution in [0.25, 0.3) is 20.8 Å². The van der Waals surface area contributed by atoms with Gasteiger partial charge in [0.05, 0.1) is 16.8 Å². The first-order chi connectivity index (χ1) is 19.6. The number of carbonyl (C=O) groups excluding carboxylic acids is 1. The maximum Gasteiger partial charge on any atom is 0.290 e. The number of amides is 1. The van der Waals surface area contributed by atoms with E-state index in [9.17, 15) is 4.79 Å². The van der Waals surface area contributed by atoms with Gasteiger partial charge < -0.3 is 29.4 Å². The van der Waals surface area contributed by atoms with Crippen molar-refractivity contribution in [1.82, 2.24) is 4.98 Å². The van der Waals surface area contributed by atoms with Crippen molar-refractivity contribution < 1.29 is 28.8 Å². The highest BCUT2D eigenvalue weighted by molar-refractivity contribution is 7.21. The average Bonchev–Trinajstić information content (AvgIpc) is 3.62. The van der Waals surface area contributed by atoms with Gasteiger partial charge in [0, 0.05) is 30.2 Å². The van der Waals surface area contributed by atoms with E-state index in [1.54, 1.807) is 11.3 Å². The van der Waals surface area contributed by atoms with E-state index in [4.69, 9.17) is 29.0 Å². The summed E-state index contributed by atoms with van der Waals surface area (Å²) in [6.45, 7) is 2.81. The number of nitrogens with one attached hydrogen (secondary N) is 1. The number of hydrogen-bond donors (Lipinski definition) is 2. The second-order valence-corrected chi connectivity index (χ2v) is 10.9. The molecule has 0 saturated carbocycles. The van der Waals surface area contributed by atoms with Crippen LogP contribution in [0.5, 0.6) is 11.5 Å². The maximum atomic E-state index is 13.3. The van der Waals surface area contributed by atoms with Crippen LogP contribution in [0.3, 0.4) is 0 Å². The SMILES string of the molecule is Cc1ccc2nc(-c3ccc(NC(=O)C4=CC(c5ccc6c(c5)OCO6)CC(OCCCCO)O4)cc3)sc2c1. The molecule has 4 aromatic rings. The minimum atomic E-state index is -0.593. The number of allylic oxidation sites excluding steroid dienone is 1. The molecule has 9 heteroatoms. The second kappa shape index (κ2) is 11.7. The Balaban J connectivity index is 1.18. The quantitative estimate of drug-likeness (QED) is 0.238. The number of unbranched alkanes of at least 4 members (excludes halogenated alkanes) is 1. The lowest BCUT2D eigenvalue weighted by Crippen LogP contribution is -2.29. The van der Waals surface area contributed by atoms with Crippen LogP contribution in [-0.4, -0.2) is 42.3 Å². The lowest BCUT2D eigenvalue weighted by molar-refractivity contribution is -0.143. The van der Waals surface area contributed by atoms with Crippen LogP contribution in [0.1, 0.15) is 36.3 Å². The Morgan fingerprint density at radius 3 is 2.77 bits per heavy atom. The molecule has 0 saturated heterocycles. The van der Waals surface area contributed by atoms with Gasteiger partial charge in [-0.05, 0) is 85.5 Å². The number of thiazole rings is 1. The van der Waals surface area contributed by atoms with Gasteiger partial charge >= 0.3 is 0 Å². The Bertz CT molecular complexity index is 1550. The van der Waals surface area contributed by atoms with Crippen LogP contribution in [0.4, 0.5) is 5.69 Å². The van der Waals surface area contributed by atoms with Gasteiger partial charge in [0.2, 0.25) is 13.1 Å². The number of ether oxygens (including phenoxy) is 4. The van der Waals surface area contributed by atoms with Crippen LogP contribution in [-0.2, 0) is 14.3 Å². The molecule has 0 bridgehead atoms. The second-order valence-electron chi connectivity index (χ2n) is 9.86. The predicted octanol–water partition coefficient (Wildman–Crippen LogP) is 6.14. The van der Waals surface area contributed by atoms with Crippen molar-refractivity contribution >= 4 is 33.1 Å². The number of rotatable bonds is 9. The molecule has 0 aliphatic carbocycles. The molecule has 1 amide bonds. The minimum absolute atomic E-state index is 0.111. The Labute approximate surface area is 236 Å². The molecular formula is C31H30N2O6S. The zero-order chi connectivity index (χ0) is 27.5. The first-order valence-corrected chi connectivity index (χ1v) is 14.2. The van der Waals surface area contributed by atoms with Crippen molar-refractivity contribution in [2.24, 2.45) is 0 Å². The van der Waals surface area contributed by atoms with Gasteiger partial charge in [0.1, 0.15) is 5.01 Å². The predicted molar refractivity (Wildman–Crippen MR) is 154 cm³/mol. The zero-order valence-corrected chi connectivity index (χ0v) is 22.9. The molecule has 0 radical (unpaired) electrons. The molecule has 2 aliphatic rings. The van der Waals surface area contributed by atoms with E-state index in [0.717, 1.165) is 26.4 Å². The molecule has 2 unspecified atom stereocenters. The highest BCUT2D eigenvalue weighted by Gasteiger charge is 2.30. The van der Waals surface area contributed by atoms with Gasteiger partial charge in [-0.2, -0.15) is 0 Å². The Morgan fingerprint density at radius 2 is 1.93 bits per heavy atom. The average molecular weight is 559 g/mol. The summed E-state index contributed by atoms with van der Waals surface area (Å²) < 4.78 is 24.1. The first kappa shape index (κ1) is 26.3. The molecule has 6 rings (SSSR count). The highest BCUT2D eigenvalue weighted by atomic mass is 32.1. The lowest BCUT2D eigenvalue weighted by Gasteiger charge is -2.29. The molecule has 206 valence electrons. The largest absolute Gasteiger partial charge is 0.459 e. The fraction of sp³-hybridized carbons (Fsp3) is 0.290. The third kappa shape index (κ3) is 5.82. The smallest absolute Gasteiger partial charge is 0.290 e. The van der Waals surface area contributed by atoms with Crippen LogP contribution < -0.4 is 14.8 Å². The number of carbonyl (C=O) groups is 1. The summed E-state index contributed by atoms with van der Waals surface area (Å²) in [7, 11) is 0. The summed E-state index contributed by atoms with van der Waals surface area (Å²) in [5, 5.41) is 13.0. The van der Waals surface area contributed by atoms with Crippen molar-refractivity contribution in [3.8, 4) is 22.1 Å². The maximum absolute atomic E-state index is 13.3. The number of aliphatic hydroxyl groups excluding tert-OH is 1. The molecular weight excluding hydrogens is 528 g/mol. The molecule has 2 N–H and O–H groups in total. The van der Waals surface area contributed by atoms with Crippen molar-refractivity contribution in [3.05, 3.63) is 83.6 Å². The molecule has 8 nitrogen and oxygen atoms in total. The number of aryl methyl sites for hydroxylation is 1. The van der Waals surface area contributed by atoms with Crippen LogP contribution in [0, 0.1) is 6.92 Å². The normalized spacial score (nSPS) is 17.9. The number of aromatic nitrogens is 1. The molecule has 0 spiro atoms. The summed E-state index contributed by atoms with van der Waals surface area (Å²) in [6, 6.07) is 19.7. The molecule has 40 heavy (non-hydrogen) atoms. The standard InChI is InChI=1S/C31H30N2O6S/c1-19-4-10-24-28(14-19)40-31(33-24)20-5-8-23(9-6-20)32-30(35)27-16-22(17-29(39-27)36-13-3-2-12-34)21-7-11-25-26(15-21)38-18-37-25/h4-11,14-16,22,29,34H,2-3,12-13,17-18H2,1H3,(H,32,35). The van der Waals surface area contributed by atoms with Gasteiger partial charge in [-0.15, -0.1) is 11.3 Å². The van der Waals surface area contributed by atoms with Crippen molar-refractivity contribution in [2.75, 3.05) is 25.3 Å². The van der Waals surface area contributed by atoms with Crippen LogP contribution in [0.2, 0.25) is 0 Å². The zero-order valence-electron chi connectivity index (χ0n) is 22.1. The molecule has 0 fully saturated rings. The van der Waals surface area contributed by atoms with Crippen LogP contribution in [0.15, 0.2) is 72.5 Å². The van der Waals surface area contributed by atoms with Gasteiger partial charge in [-0.1, -0.05) is 12.1 Å². The van der Waals surface area contributed by atoms with E-state index in [2.05, 4.69) is 24.4 Å². The van der Waals surface area contributed by atoms with Gasteiger partial charge in [-0.25, -0.2) is 4.98 Å². The van der Waals surface area contributed by atoms with Gasteiger partial charge in [-0.3, -0.25) is 4.79 Å². The first-order valence-electron chi connectivity index (χ1n) is 13.4. The van der Waals surface area contributed by atoms with Crippen molar-refractivity contribution in [2.45, 2.75) is 38.4 Å². The summed E-state index contributed by atoms with van der Waals surface area (Å²) in [4.78, 5) is 18.1. The number of fused-ring (bicyclic) bond motifs is 2. The monoisotopic (exact) mass is 558 g/mol. The third-order valence-electron chi connectivity index (χ3n) is 6.90. The number of hydrogen-bond acceptors (Lipinski definition) is 8. The van der Waals surface area contributed by atoms with Gasteiger partial charge in [0.15, 0.2) is 17.3 Å². The van der Waals surface area contributed by atoms with E-state index in [1.165, 1.54) is 5.56 Å². The van der Waals surface area contributed by atoms with E-state index < -0.39 is 6.29 Å². The molecule has 3 aromatic carbocycles. The Kier molecular flexibility index (Phi) is 7.68. The molecule has 2 atom stereocenters. The van der Waals surface area contributed by atoms with Gasteiger partial charge in [0.25, 0.3) is 5.91 Å². The number of aliphatic hydroxyl groups is 1. The topological polar surface area (TPSA) is 99.1 Å². The Morgan fingerprint density at radius 1 is 1.07 bits per heavy atom. The van der Waals surface area contributed by atoms with E-state index >= 15 is 0 Å². The molecule has 2 aliphatic heterocycles. The van der Waals surface area contributed by atoms with E-state index in [0.29, 0.717) is 43.1 Å². The summed E-state index contributed by atoms with van der Waals surface area (Å²) in [5.74, 6) is 1.13. The fourth-order valence-electron chi connectivity index (χ4n) is 4.77. The number of benzene rings is 3. The summed E-state index contributed by atoms with van der Waals surface area (Å²) in [5.41, 5.74) is 4.82. The minimum Gasteiger partial charge on any atom is -0.459 e.